The van der Waals surface area contributed by atoms with Crippen molar-refractivity contribution >= 4 is 17.8 Å². The maximum atomic E-state index is 12.9. The zero-order chi connectivity index (χ0) is 19.4. The highest BCUT2D eigenvalue weighted by atomic mass is 16.7. The first-order valence-corrected chi connectivity index (χ1v) is 9.26. The average molecular weight is 375 g/mol. The van der Waals surface area contributed by atoms with Crippen LogP contribution in [0.3, 0.4) is 0 Å². The van der Waals surface area contributed by atoms with Gasteiger partial charge in [-0.15, -0.1) is 0 Å². The van der Waals surface area contributed by atoms with Gasteiger partial charge in [-0.05, 0) is 31.0 Å². The van der Waals surface area contributed by atoms with Crippen molar-refractivity contribution in [1.82, 2.24) is 15.5 Å². The summed E-state index contributed by atoms with van der Waals surface area (Å²) in [4.78, 5) is 38.2. The van der Waals surface area contributed by atoms with E-state index in [1.165, 1.54) is 0 Å². The van der Waals surface area contributed by atoms with Crippen molar-refractivity contribution in [1.29, 1.82) is 0 Å². The zero-order valence-electron chi connectivity index (χ0n) is 15.7. The van der Waals surface area contributed by atoms with Gasteiger partial charge in [-0.1, -0.05) is 32.3 Å². The highest BCUT2D eigenvalue weighted by Gasteiger charge is 2.49. The van der Waals surface area contributed by atoms with Crippen LogP contribution in [0.25, 0.3) is 0 Å². The third-order valence-corrected chi connectivity index (χ3v) is 4.88. The quantitative estimate of drug-likeness (QED) is 0.534. The van der Waals surface area contributed by atoms with Gasteiger partial charge < -0.3 is 20.1 Å². The lowest BCUT2D eigenvalue weighted by Gasteiger charge is -2.22. The van der Waals surface area contributed by atoms with Gasteiger partial charge in [-0.3, -0.25) is 14.5 Å². The van der Waals surface area contributed by atoms with Crippen molar-refractivity contribution in [3.8, 4) is 11.5 Å². The fourth-order valence-corrected chi connectivity index (χ4v) is 3.22. The normalized spacial score (nSPS) is 20.7. The van der Waals surface area contributed by atoms with Gasteiger partial charge in [0.1, 0.15) is 12.1 Å². The van der Waals surface area contributed by atoms with Crippen LogP contribution in [0.1, 0.15) is 45.1 Å². The molecule has 2 aliphatic heterocycles. The molecule has 2 heterocycles. The number of unbranched alkanes of at least 4 members (excludes halogenated alkanes) is 3. The second kappa shape index (κ2) is 7.85. The molecule has 1 aromatic rings. The predicted octanol–water partition coefficient (Wildman–Crippen LogP) is 1.88. The molecular formula is C19H25N3O5. The van der Waals surface area contributed by atoms with Crippen molar-refractivity contribution in [2.45, 2.75) is 45.1 Å². The number of imide groups is 1. The number of amides is 4. The fourth-order valence-electron chi connectivity index (χ4n) is 3.22. The topological polar surface area (TPSA) is 97.0 Å². The summed E-state index contributed by atoms with van der Waals surface area (Å²) in [5, 5.41) is 5.45. The van der Waals surface area contributed by atoms with Crippen LogP contribution in [0.2, 0.25) is 0 Å². The van der Waals surface area contributed by atoms with Gasteiger partial charge in [0.05, 0.1) is 0 Å². The highest BCUT2D eigenvalue weighted by Crippen LogP contribution is 2.37. The van der Waals surface area contributed by atoms with Crippen molar-refractivity contribution in [2.75, 3.05) is 19.9 Å². The van der Waals surface area contributed by atoms with Crippen LogP contribution in [-0.2, 0) is 15.1 Å². The lowest BCUT2D eigenvalue weighted by atomic mass is 9.91. The first-order valence-electron chi connectivity index (χ1n) is 9.26. The maximum Gasteiger partial charge on any atom is 0.325 e. The molecule has 3 rings (SSSR count). The molecule has 0 aliphatic carbocycles. The summed E-state index contributed by atoms with van der Waals surface area (Å²) in [5.74, 6) is 0.315. The van der Waals surface area contributed by atoms with E-state index >= 15 is 0 Å². The Morgan fingerprint density at radius 2 is 2.00 bits per heavy atom. The number of hydrogen-bond acceptors (Lipinski definition) is 5. The molecule has 0 radical (unpaired) electrons. The molecule has 8 nitrogen and oxygen atoms in total. The Bertz CT molecular complexity index is 751. The minimum Gasteiger partial charge on any atom is -0.454 e. The van der Waals surface area contributed by atoms with Gasteiger partial charge in [0, 0.05) is 6.54 Å². The lowest BCUT2D eigenvalue weighted by molar-refractivity contribution is -0.134. The number of fused-ring (bicyclic) bond motifs is 1. The minimum absolute atomic E-state index is 0.125. The summed E-state index contributed by atoms with van der Waals surface area (Å²) in [6.45, 7) is 4.11. The van der Waals surface area contributed by atoms with Crippen LogP contribution >= 0.6 is 0 Å². The molecule has 0 saturated carbocycles. The van der Waals surface area contributed by atoms with Crippen LogP contribution < -0.4 is 20.1 Å². The van der Waals surface area contributed by atoms with E-state index in [9.17, 15) is 14.4 Å². The van der Waals surface area contributed by atoms with Crippen LogP contribution in [0.15, 0.2) is 18.2 Å². The Morgan fingerprint density at radius 1 is 1.22 bits per heavy atom. The number of carbonyl (C=O) groups excluding carboxylic acids is 3. The molecule has 2 N–H and O–H groups in total. The standard InChI is InChI=1S/C19H25N3O5/c1-3-4-5-6-9-20-16(23)11-22-17(24)19(2,21-18(22)25)13-7-8-14-15(10-13)27-12-26-14/h7-8,10H,3-6,9,11-12H2,1-2H3,(H,20,23)(H,21,25)/t19-/m1/s1. The first-order chi connectivity index (χ1) is 13.0. The molecule has 8 heteroatoms. The Hall–Kier alpha value is -2.77. The smallest absolute Gasteiger partial charge is 0.325 e. The zero-order valence-corrected chi connectivity index (χ0v) is 15.7. The monoisotopic (exact) mass is 375 g/mol. The lowest BCUT2D eigenvalue weighted by Crippen LogP contribution is -2.43. The second-order valence-corrected chi connectivity index (χ2v) is 6.93. The van der Waals surface area contributed by atoms with Gasteiger partial charge in [-0.2, -0.15) is 0 Å². The number of benzene rings is 1. The number of nitrogens with zero attached hydrogens (tertiary/aromatic N) is 1. The number of nitrogens with one attached hydrogen (secondary N) is 2. The summed E-state index contributed by atoms with van der Waals surface area (Å²) < 4.78 is 10.6. The van der Waals surface area contributed by atoms with E-state index in [0.717, 1.165) is 30.6 Å². The van der Waals surface area contributed by atoms with Crippen LogP contribution in [0.5, 0.6) is 11.5 Å². The van der Waals surface area contributed by atoms with Gasteiger partial charge in [0.15, 0.2) is 11.5 Å². The van der Waals surface area contributed by atoms with Crippen molar-refractivity contribution in [2.24, 2.45) is 0 Å². The molecule has 27 heavy (non-hydrogen) atoms. The SMILES string of the molecule is CCCCCCNC(=O)CN1C(=O)N[C@](C)(c2ccc3c(c2)OCO3)C1=O. The Morgan fingerprint density at radius 3 is 2.78 bits per heavy atom. The third kappa shape index (κ3) is 3.84. The largest absolute Gasteiger partial charge is 0.454 e. The maximum absolute atomic E-state index is 12.9. The molecule has 4 amide bonds. The molecule has 1 aromatic carbocycles. The summed E-state index contributed by atoms with van der Waals surface area (Å²) in [7, 11) is 0. The molecule has 1 saturated heterocycles. The van der Waals surface area contributed by atoms with E-state index in [1.807, 2.05) is 0 Å². The van der Waals surface area contributed by atoms with Crippen LogP contribution in [-0.4, -0.2) is 42.6 Å². The summed E-state index contributed by atoms with van der Waals surface area (Å²) in [6, 6.07) is 4.51. The molecule has 0 aromatic heterocycles. The van der Waals surface area contributed by atoms with Crippen LogP contribution in [0.4, 0.5) is 4.79 Å². The minimum atomic E-state index is -1.25. The van der Waals surface area contributed by atoms with E-state index in [-0.39, 0.29) is 19.2 Å². The van der Waals surface area contributed by atoms with Gasteiger partial charge in [-0.25, -0.2) is 4.79 Å². The summed E-state index contributed by atoms with van der Waals surface area (Å²) >= 11 is 0. The number of ether oxygens (including phenoxy) is 2. The Labute approximate surface area is 158 Å². The number of carbonyl (C=O) groups is 3. The number of urea groups is 1. The van der Waals surface area contributed by atoms with Gasteiger partial charge >= 0.3 is 6.03 Å². The first kappa shape index (κ1) is 19.0. The molecule has 1 fully saturated rings. The van der Waals surface area contributed by atoms with E-state index in [1.54, 1.807) is 25.1 Å². The second-order valence-electron chi connectivity index (χ2n) is 6.93. The van der Waals surface area contributed by atoms with Crippen LogP contribution in [0, 0.1) is 0 Å². The van der Waals surface area contributed by atoms with Crippen molar-refractivity contribution < 1.29 is 23.9 Å². The predicted molar refractivity (Wildman–Crippen MR) is 97.3 cm³/mol. The third-order valence-electron chi connectivity index (χ3n) is 4.88. The number of hydrogen-bond donors (Lipinski definition) is 2. The molecule has 0 spiro atoms. The average Bonchev–Trinajstić information content (AvgIpc) is 3.20. The van der Waals surface area contributed by atoms with Gasteiger partial charge in [0.2, 0.25) is 12.7 Å². The highest BCUT2D eigenvalue weighted by molar-refractivity contribution is 6.09. The fraction of sp³-hybridized carbons (Fsp3) is 0.526. The Kier molecular flexibility index (Phi) is 5.53. The molecule has 0 unspecified atom stereocenters. The van der Waals surface area contributed by atoms with Crippen molar-refractivity contribution in [3.63, 3.8) is 0 Å². The molecular weight excluding hydrogens is 350 g/mol. The summed E-state index contributed by atoms with van der Waals surface area (Å²) in [5.41, 5.74) is -0.674. The molecule has 0 bridgehead atoms. The van der Waals surface area contributed by atoms with Crippen molar-refractivity contribution in [3.05, 3.63) is 23.8 Å². The summed E-state index contributed by atoms with van der Waals surface area (Å²) in [6.07, 6.45) is 4.17. The number of rotatable bonds is 8. The van der Waals surface area contributed by atoms with Gasteiger partial charge in [0.25, 0.3) is 5.91 Å². The molecule has 146 valence electrons. The Balaban J connectivity index is 1.63. The van der Waals surface area contributed by atoms with E-state index < -0.39 is 17.5 Å². The van der Waals surface area contributed by atoms with E-state index in [2.05, 4.69) is 17.6 Å². The molecule has 1 atom stereocenters. The van der Waals surface area contributed by atoms with E-state index in [0.29, 0.717) is 23.6 Å². The molecule has 2 aliphatic rings. The van der Waals surface area contributed by atoms with E-state index in [4.69, 9.17) is 9.47 Å².